The van der Waals surface area contributed by atoms with Crippen LogP contribution in [-0.4, -0.2) is 16.0 Å². The molecule has 1 unspecified atom stereocenters. The highest BCUT2D eigenvalue weighted by Gasteiger charge is 2.25. The van der Waals surface area contributed by atoms with Gasteiger partial charge in [-0.15, -0.1) is 0 Å². The Morgan fingerprint density at radius 3 is 2.50 bits per heavy atom. The molecule has 0 aliphatic carbocycles. The first kappa shape index (κ1) is 15.8. The van der Waals surface area contributed by atoms with E-state index in [0.29, 0.717) is 16.7 Å². The number of hydrogen-bond donors (Lipinski definition) is 2. The van der Waals surface area contributed by atoms with Crippen LogP contribution in [0.25, 0.3) is 11.0 Å². The van der Waals surface area contributed by atoms with Crippen molar-refractivity contribution in [3.05, 3.63) is 76.1 Å². The molecule has 0 bridgehead atoms. The molecule has 122 valence electrons. The van der Waals surface area contributed by atoms with Crippen molar-refractivity contribution in [1.82, 2.24) is 0 Å². The van der Waals surface area contributed by atoms with Gasteiger partial charge in [-0.05, 0) is 24.6 Å². The van der Waals surface area contributed by atoms with Gasteiger partial charge < -0.3 is 14.7 Å². The maximum Gasteiger partial charge on any atom is 0.343 e. The number of fused-ring (bicyclic) bond motifs is 1. The molecule has 1 heterocycles. The van der Waals surface area contributed by atoms with Gasteiger partial charge >= 0.3 is 5.63 Å². The molecule has 0 aliphatic heterocycles. The Morgan fingerprint density at radius 1 is 1.12 bits per heavy atom. The lowest BCUT2D eigenvalue weighted by Gasteiger charge is -2.18. The molecule has 0 amide bonds. The molecule has 0 spiro atoms. The standard InChI is InChI=1S/C19H17NO4/c1-12(20-23)11-15(13-7-3-2-4-8-13)17-18(21)14-9-5-6-10-16(14)24-19(17)22/h2-10,15,21,23H,11H2,1H3/b20-12-. The summed E-state index contributed by atoms with van der Waals surface area (Å²) in [6, 6.07) is 16.2. The lowest BCUT2D eigenvalue weighted by molar-refractivity contribution is 0.317. The Kier molecular flexibility index (Phi) is 4.33. The summed E-state index contributed by atoms with van der Waals surface area (Å²) < 4.78 is 5.37. The lowest BCUT2D eigenvalue weighted by Crippen LogP contribution is -2.16. The average Bonchev–Trinajstić information content (AvgIpc) is 2.61. The molecule has 0 saturated carbocycles. The van der Waals surface area contributed by atoms with Crippen molar-refractivity contribution in [1.29, 1.82) is 0 Å². The minimum Gasteiger partial charge on any atom is -0.507 e. The second kappa shape index (κ2) is 6.58. The van der Waals surface area contributed by atoms with Gasteiger partial charge in [0.15, 0.2) is 0 Å². The van der Waals surface area contributed by atoms with Crippen LogP contribution in [0.3, 0.4) is 0 Å². The van der Waals surface area contributed by atoms with Crippen LogP contribution in [0, 0.1) is 0 Å². The Bertz CT molecular complexity index is 944. The molecule has 2 N–H and O–H groups in total. The highest BCUT2D eigenvalue weighted by Crippen LogP contribution is 2.36. The molecular formula is C19H17NO4. The van der Waals surface area contributed by atoms with Gasteiger partial charge in [0.25, 0.3) is 0 Å². The minimum atomic E-state index is -0.592. The Hall–Kier alpha value is -3.08. The summed E-state index contributed by atoms with van der Waals surface area (Å²) in [6.45, 7) is 1.66. The number of para-hydroxylation sites is 1. The van der Waals surface area contributed by atoms with Crippen LogP contribution >= 0.6 is 0 Å². The highest BCUT2D eigenvalue weighted by molar-refractivity contribution is 5.86. The van der Waals surface area contributed by atoms with E-state index in [-0.39, 0.29) is 17.7 Å². The van der Waals surface area contributed by atoms with Crippen LogP contribution in [0.5, 0.6) is 5.75 Å². The van der Waals surface area contributed by atoms with Gasteiger partial charge in [0.05, 0.1) is 16.7 Å². The van der Waals surface area contributed by atoms with Gasteiger partial charge in [-0.1, -0.05) is 47.6 Å². The first-order valence-corrected chi connectivity index (χ1v) is 7.59. The Balaban J connectivity index is 2.25. The average molecular weight is 323 g/mol. The quantitative estimate of drug-likeness (QED) is 0.330. The number of aromatic hydroxyl groups is 1. The van der Waals surface area contributed by atoms with Crippen LogP contribution in [0.4, 0.5) is 0 Å². The summed E-state index contributed by atoms with van der Waals surface area (Å²) >= 11 is 0. The second-order valence-electron chi connectivity index (χ2n) is 5.65. The first-order valence-electron chi connectivity index (χ1n) is 7.59. The van der Waals surface area contributed by atoms with Gasteiger partial charge in [0, 0.05) is 12.3 Å². The zero-order valence-corrected chi connectivity index (χ0v) is 13.1. The molecule has 1 atom stereocenters. The highest BCUT2D eigenvalue weighted by atomic mass is 16.4. The molecule has 5 nitrogen and oxygen atoms in total. The maximum atomic E-state index is 12.5. The number of hydrogen-bond acceptors (Lipinski definition) is 5. The van der Waals surface area contributed by atoms with Gasteiger partial charge in [0.1, 0.15) is 11.3 Å². The summed E-state index contributed by atoms with van der Waals surface area (Å²) in [5.74, 6) is -0.565. The van der Waals surface area contributed by atoms with E-state index in [2.05, 4.69) is 5.16 Å². The second-order valence-corrected chi connectivity index (χ2v) is 5.65. The third kappa shape index (κ3) is 2.88. The molecule has 5 heteroatoms. The number of nitrogens with zero attached hydrogens (tertiary/aromatic N) is 1. The van der Waals surface area contributed by atoms with Crippen LogP contribution in [0.1, 0.15) is 30.4 Å². The summed E-state index contributed by atoms with van der Waals surface area (Å²) in [6.07, 6.45) is 0.289. The van der Waals surface area contributed by atoms with E-state index in [0.717, 1.165) is 5.56 Å². The molecule has 24 heavy (non-hydrogen) atoms. The molecule has 3 aromatic rings. The molecule has 3 rings (SSSR count). The van der Waals surface area contributed by atoms with E-state index >= 15 is 0 Å². The largest absolute Gasteiger partial charge is 0.507 e. The van der Waals surface area contributed by atoms with Gasteiger partial charge in [-0.25, -0.2) is 4.79 Å². The Labute approximate surface area is 138 Å². The summed E-state index contributed by atoms with van der Waals surface area (Å²) in [7, 11) is 0. The van der Waals surface area contributed by atoms with Crippen LogP contribution in [0.15, 0.2) is 69.0 Å². The zero-order valence-electron chi connectivity index (χ0n) is 13.1. The van der Waals surface area contributed by atoms with E-state index in [9.17, 15) is 9.90 Å². The maximum absolute atomic E-state index is 12.5. The molecule has 2 aromatic carbocycles. The fourth-order valence-electron chi connectivity index (χ4n) is 2.86. The predicted molar refractivity (Wildman–Crippen MR) is 91.9 cm³/mol. The topological polar surface area (TPSA) is 83.0 Å². The van der Waals surface area contributed by atoms with Gasteiger partial charge in [-0.2, -0.15) is 0 Å². The third-order valence-corrected chi connectivity index (χ3v) is 4.04. The Morgan fingerprint density at radius 2 is 1.79 bits per heavy atom. The smallest absolute Gasteiger partial charge is 0.343 e. The molecular weight excluding hydrogens is 306 g/mol. The normalized spacial score (nSPS) is 13.1. The fourth-order valence-corrected chi connectivity index (χ4v) is 2.86. The van der Waals surface area contributed by atoms with Crippen molar-refractivity contribution in [2.24, 2.45) is 5.16 Å². The lowest BCUT2D eigenvalue weighted by atomic mass is 9.87. The number of rotatable bonds is 4. The first-order chi connectivity index (χ1) is 11.6. The fraction of sp³-hybridized carbons (Fsp3) is 0.158. The van der Waals surface area contributed by atoms with E-state index in [1.54, 1.807) is 31.2 Å². The van der Waals surface area contributed by atoms with Gasteiger partial charge in [0.2, 0.25) is 0 Å². The number of benzene rings is 2. The van der Waals surface area contributed by atoms with Crippen molar-refractivity contribution in [3.63, 3.8) is 0 Å². The molecule has 0 saturated heterocycles. The monoisotopic (exact) mass is 323 g/mol. The van der Waals surface area contributed by atoms with Crippen molar-refractivity contribution in [3.8, 4) is 5.75 Å². The van der Waals surface area contributed by atoms with Crippen molar-refractivity contribution in [2.75, 3.05) is 0 Å². The van der Waals surface area contributed by atoms with Crippen LogP contribution in [0.2, 0.25) is 0 Å². The summed E-state index contributed by atoms with van der Waals surface area (Å²) in [4.78, 5) is 12.5. The molecule has 0 radical (unpaired) electrons. The van der Waals surface area contributed by atoms with Gasteiger partial charge in [-0.3, -0.25) is 0 Å². The SMILES string of the molecule is C/C(CC(c1ccccc1)c1c(O)c2ccccc2oc1=O)=N/O. The number of oxime groups is 1. The van der Waals surface area contributed by atoms with Crippen LogP contribution in [-0.2, 0) is 0 Å². The summed E-state index contributed by atoms with van der Waals surface area (Å²) in [5.41, 5.74) is 1.20. The molecule has 0 aliphatic rings. The van der Waals surface area contributed by atoms with Crippen molar-refractivity contribution in [2.45, 2.75) is 19.3 Å². The minimum absolute atomic E-state index is 0.0959. The van der Waals surface area contributed by atoms with E-state index in [1.165, 1.54) is 0 Å². The van der Waals surface area contributed by atoms with E-state index < -0.39 is 11.5 Å². The summed E-state index contributed by atoms with van der Waals surface area (Å²) in [5, 5.41) is 23.4. The molecule has 1 aromatic heterocycles. The van der Waals surface area contributed by atoms with Crippen LogP contribution < -0.4 is 5.63 Å². The van der Waals surface area contributed by atoms with Crippen molar-refractivity contribution < 1.29 is 14.7 Å². The van der Waals surface area contributed by atoms with E-state index in [4.69, 9.17) is 9.62 Å². The predicted octanol–water partition coefficient (Wildman–Crippen LogP) is 3.87. The van der Waals surface area contributed by atoms with E-state index in [1.807, 2.05) is 30.3 Å². The molecule has 0 fully saturated rings. The van der Waals surface area contributed by atoms with Crippen molar-refractivity contribution >= 4 is 16.7 Å². The third-order valence-electron chi connectivity index (χ3n) is 4.04. The zero-order chi connectivity index (χ0) is 17.1.